The van der Waals surface area contributed by atoms with Crippen molar-refractivity contribution in [3.63, 3.8) is 0 Å². The van der Waals surface area contributed by atoms with E-state index in [0.29, 0.717) is 0 Å². The molecule has 0 atom stereocenters. The van der Waals surface area contributed by atoms with Crippen LogP contribution >= 0.6 is 0 Å². The van der Waals surface area contributed by atoms with Crippen molar-refractivity contribution in [3.8, 4) is 23.3 Å². The van der Waals surface area contributed by atoms with Crippen LogP contribution in [0.25, 0.3) is 11.8 Å². The van der Waals surface area contributed by atoms with Gasteiger partial charge in [0, 0.05) is 0 Å². The van der Waals surface area contributed by atoms with Gasteiger partial charge >= 0.3 is 23.3 Å². The van der Waals surface area contributed by atoms with Crippen LogP contribution in [0.15, 0.2) is 67.0 Å². The second-order valence-electron chi connectivity index (χ2n) is 5.99. The van der Waals surface area contributed by atoms with Gasteiger partial charge in [-0.25, -0.2) is 9.59 Å². The van der Waals surface area contributed by atoms with Crippen LogP contribution in [0.2, 0.25) is 0 Å². The quantitative estimate of drug-likeness (QED) is 0.525. The molecule has 2 N–H and O–H groups in total. The smallest absolute Gasteiger partial charge is 0.437 e. The molecule has 0 fully saturated rings. The van der Waals surface area contributed by atoms with Crippen molar-refractivity contribution in [1.29, 1.82) is 0 Å². The molecular formula is C18H14N4O6. The third-order valence-electron chi connectivity index (χ3n) is 3.93. The van der Waals surface area contributed by atoms with Crippen LogP contribution < -0.4 is 11.5 Å². The molecule has 4 rings (SSSR count). The summed E-state index contributed by atoms with van der Waals surface area (Å²) in [6.07, 6.45) is 0. The molecule has 0 amide bonds. The molecule has 0 bridgehead atoms. The third kappa shape index (κ3) is 3.56. The normalized spacial score (nSPS) is 11.0. The predicted molar refractivity (Wildman–Crippen MR) is 94.9 cm³/mol. The van der Waals surface area contributed by atoms with Crippen LogP contribution in [-0.2, 0) is 13.1 Å². The first-order chi connectivity index (χ1) is 13.5. The molecule has 0 aliphatic heterocycles. The Morgan fingerprint density at radius 2 is 1.04 bits per heavy atom. The van der Waals surface area contributed by atoms with Gasteiger partial charge in [-0.2, -0.15) is 9.36 Å². The van der Waals surface area contributed by atoms with E-state index >= 15 is 0 Å². The molecule has 142 valence electrons. The maximum atomic E-state index is 12.0. The number of aromatic nitrogens is 4. The van der Waals surface area contributed by atoms with Gasteiger partial charge in [0.2, 0.25) is 0 Å². The Kier molecular flexibility index (Phi) is 4.28. The number of hydrogen-bond acceptors (Lipinski definition) is 8. The number of benzene rings is 2. The van der Waals surface area contributed by atoms with Gasteiger partial charge in [0.05, 0.1) is 13.1 Å². The highest BCUT2D eigenvalue weighted by Gasteiger charge is 2.18. The lowest BCUT2D eigenvalue weighted by Crippen LogP contribution is -2.16. The van der Waals surface area contributed by atoms with Crippen molar-refractivity contribution in [2.24, 2.45) is 0 Å². The highest BCUT2D eigenvalue weighted by atomic mass is 16.5. The van der Waals surface area contributed by atoms with Gasteiger partial charge in [-0.1, -0.05) is 24.3 Å². The standard InChI is InChI=1S/C18H14N4O6/c23-13-5-1-11(2-6-13)9-21-17(25)27-15(19-21)16-20-22(18(26)28-16)10-12-3-7-14(24)8-4-12/h1-8,23-24H,9-10H2. The van der Waals surface area contributed by atoms with Gasteiger partial charge in [-0.3, -0.25) is 0 Å². The summed E-state index contributed by atoms with van der Waals surface area (Å²) in [4.78, 5) is 24.0. The van der Waals surface area contributed by atoms with Crippen molar-refractivity contribution < 1.29 is 19.0 Å². The van der Waals surface area contributed by atoms with Crippen LogP contribution in [0.1, 0.15) is 11.1 Å². The SMILES string of the molecule is O=c1oc(-c2nn(Cc3ccc(O)cc3)c(=O)o2)nn1Cc1ccc(O)cc1. The van der Waals surface area contributed by atoms with Gasteiger partial charge in [0.25, 0.3) is 0 Å². The maximum absolute atomic E-state index is 12.0. The molecule has 0 aliphatic rings. The van der Waals surface area contributed by atoms with Gasteiger partial charge < -0.3 is 19.0 Å². The molecule has 0 spiro atoms. The molecular weight excluding hydrogens is 368 g/mol. The summed E-state index contributed by atoms with van der Waals surface area (Å²) in [7, 11) is 0. The molecule has 0 aliphatic carbocycles. The zero-order chi connectivity index (χ0) is 19.7. The van der Waals surface area contributed by atoms with E-state index in [1.54, 1.807) is 24.3 Å². The maximum Gasteiger partial charge on any atom is 0.437 e. The molecule has 10 nitrogen and oxygen atoms in total. The molecule has 28 heavy (non-hydrogen) atoms. The van der Waals surface area contributed by atoms with Crippen LogP contribution in [0.4, 0.5) is 0 Å². The van der Waals surface area contributed by atoms with Gasteiger partial charge in [-0.15, -0.1) is 10.2 Å². The number of rotatable bonds is 5. The fourth-order valence-electron chi connectivity index (χ4n) is 2.53. The Hall–Kier alpha value is -4.08. The Morgan fingerprint density at radius 1 is 0.679 bits per heavy atom. The molecule has 4 aromatic rings. The van der Waals surface area contributed by atoms with Gasteiger partial charge in [-0.05, 0) is 35.4 Å². The Balaban J connectivity index is 1.58. The van der Waals surface area contributed by atoms with Crippen molar-refractivity contribution in [2.45, 2.75) is 13.1 Å². The van der Waals surface area contributed by atoms with E-state index in [4.69, 9.17) is 8.83 Å². The van der Waals surface area contributed by atoms with Crippen LogP contribution in [-0.4, -0.2) is 29.8 Å². The summed E-state index contributed by atoms with van der Waals surface area (Å²) in [6, 6.07) is 12.5. The fraction of sp³-hybridized carbons (Fsp3) is 0.111. The van der Waals surface area contributed by atoms with E-state index in [2.05, 4.69) is 10.2 Å². The molecule has 0 unspecified atom stereocenters. The average Bonchev–Trinajstić information content (AvgIpc) is 3.22. The minimum Gasteiger partial charge on any atom is -0.508 e. The van der Waals surface area contributed by atoms with Crippen LogP contribution in [0, 0.1) is 0 Å². The second-order valence-corrected chi connectivity index (χ2v) is 5.99. The Bertz CT molecular complexity index is 1120. The minimum atomic E-state index is -0.737. The molecule has 0 radical (unpaired) electrons. The second kappa shape index (κ2) is 6.91. The van der Waals surface area contributed by atoms with E-state index in [1.165, 1.54) is 24.3 Å². The Labute approximate surface area is 156 Å². The molecule has 2 aromatic heterocycles. The summed E-state index contributed by atoms with van der Waals surface area (Å²) in [6.45, 7) is 0.224. The summed E-state index contributed by atoms with van der Waals surface area (Å²) < 4.78 is 12.2. The number of phenols is 2. The van der Waals surface area contributed by atoms with E-state index in [1.807, 2.05) is 0 Å². The van der Waals surface area contributed by atoms with Gasteiger partial charge in [0.15, 0.2) is 0 Å². The highest BCUT2D eigenvalue weighted by Crippen LogP contribution is 2.14. The fourth-order valence-corrected chi connectivity index (χ4v) is 2.53. The summed E-state index contributed by atoms with van der Waals surface area (Å²) in [5.74, 6) is -1.69. The van der Waals surface area contributed by atoms with Crippen LogP contribution in [0.5, 0.6) is 11.5 Å². The minimum absolute atomic E-state index is 0.109. The topological polar surface area (TPSA) is 137 Å². The van der Waals surface area contributed by atoms with Crippen molar-refractivity contribution in [2.75, 3.05) is 0 Å². The number of phenolic OH excluding ortho intramolecular Hbond substituents is 2. The molecule has 2 heterocycles. The predicted octanol–water partition coefficient (Wildman–Crippen LogP) is 1.16. The van der Waals surface area contributed by atoms with Crippen molar-refractivity contribution in [3.05, 3.63) is 80.8 Å². The first-order valence-electron chi connectivity index (χ1n) is 8.20. The first kappa shape index (κ1) is 17.3. The zero-order valence-electron chi connectivity index (χ0n) is 14.3. The molecule has 0 saturated carbocycles. The van der Waals surface area contributed by atoms with Crippen molar-refractivity contribution >= 4 is 0 Å². The third-order valence-corrected chi connectivity index (χ3v) is 3.93. The monoisotopic (exact) mass is 382 g/mol. The zero-order valence-corrected chi connectivity index (χ0v) is 14.3. The summed E-state index contributed by atoms with van der Waals surface area (Å²) in [5.41, 5.74) is 1.44. The van der Waals surface area contributed by atoms with E-state index in [-0.39, 0.29) is 36.4 Å². The van der Waals surface area contributed by atoms with Crippen molar-refractivity contribution in [1.82, 2.24) is 19.6 Å². The van der Waals surface area contributed by atoms with E-state index < -0.39 is 11.5 Å². The average molecular weight is 382 g/mol. The van der Waals surface area contributed by atoms with E-state index in [0.717, 1.165) is 20.5 Å². The largest absolute Gasteiger partial charge is 0.508 e. The summed E-state index contributed by atoms with van der Waals surface area (Å²) in [5, 5.41) is 26.6. The van der Waals surface area contributed by atoms with E-state index in [9.17, 15) is 19.8 Å². The van der Waals surface area contributed by atoms with Crippen LogP contribution in [0.3, 0.4) is 0 Å². The lowest BCUT2D eigenvalue weighted by atomic mass is 10.2. The highest BCUT2D eigenvalue weighted by molar-refractivity contribution is 5.34. The first-order valence-corrected chi connectivity index (χ1v) is 8.20. The Morgan fingerprint density at radius 3 is 1.39 bits per heavy atom. The molecule has 2 aromatic carbocycles. The lowest BCUT2D eigenvalue weighted by Gasteiger charge is -1.99. The molecule has 0 saturated heterocycles. The lowest BCUT2D eigenvalue weighted by molar-refractivity contribution is 0.457. The number of aromatic hydroxyl groups is 2. The number of hydrogen-bond donors (Lipinski definition) is 2. The summed E-state index contributed by atoms with van der Waals surface area (Å²) >= 11 is 0. The molecule has 10 heteroatoms. The van der Waals surface area contributed by atoms with Gasteiger partial charge in [0.1, 0.15) is 11.5 Å². The number of nitrogens with zero attached hydrogens (tertiary/aromatic N) is 4.